The van der Waals surface area contributed by atoms with Crippen molar-refractivity contribution in [3.63, 3.8) is 0 Å². The van der Waals surface area contributed by atoms with Crippen LogP contribution in [0.2, 0.25) is 0 Å². The van der Waals surface area contributed by atoms with Crippen molar-refractivity contribution in [3.8, 4) is 11.5 Å². The molecule has 1 N–H and O–H groups in total. The summed E-state index contributed by atoms with van der Waals surface area (Å²) < 4.78 is 56.4. The van der Waals surface area contributed by atoms with Crippen LogP contribution in [0, 0.1) is 0 Å². The fourth-order valence-electron chi connectivity index (χ4n) is 4.53. The zero-order valence-corrected chi connectivity index (χ0v) is 20.1. The molecule has 4 rings (SSSR count). The number of methoxy groups -OCH3 is 2. The highest BCUT2D eigenvalue weighted by Gasteiger charge is 2.33. The minimum absolute atomic E-state index is 0.155. The maximum absolute atomic E-state index is 13.4. The Morgan fingerprint density at radius 2 is 1.69 bits per heavy atom. The van der Waals surface area contributed by atoms with Crippen LogP contribution in [-0.4, -0.2) is 63.9 Å². The standard InChI is InChI=1S/C25H30F3N3O4/c1-16(31-7-6-17-12-22(33-2)23(34-3)13-18(17)15-31)24(32)29-20-14-19(25(26,27)28)4-5-21(20)30-8-10-35-11-9-30/h4-5,12-14,16H,6-11,15H2,1-3H3,(H,29,32)/t16-/m0/s1. The summed E-state index contributed by atoms with van der Waals surface area (Å²) in [5.41, 5.74) is 2.07. The largest absolute Gasteiger partial charge is 0.493 e. The third-order valence-electron chi connectivity index (χ3n) is 6.61. The van der Waals surface area contributed by atoms with Crippen LogP contribution in [0.4, 0.5) is 24.5 Å². The lowest BCUT2D eigenvalue weighted by Crippen LogP contribution is -2.45. The van der Waals surface area contributed by atoms with Gasteiger partial charge in [-0.3, -0.25) is 9.69 Å². The van der Waals surface area contributed by atoms with Gasteiger partial charge in [-0.15, -0.1) is 0 Å². The van der Waals surface area contributed by atoms with Gasteiger partial charge in [0, 0.05) is 26.2 Å². The Bertz CT molecular complexity index is 1070. The molecule has 2 aliphatic heterocycles. The molecule has 1 fully saturated rings. The van der Waals surface area contributed by atoms with Crippen molar-refractivity contribution in [1.29, 1.82) is 0 Å². The van der Waals surface area contributed by atoms with Gasteiger partial charge in [-0.1, -0.05) is 0 Å². The lowest BCUT2D eigenvalue weighted by Gasteiger charge is -2.34. The minimum Gasteiger partial charge on any atom is -0.493 e. The molecule has 0 unspecified atom stereocenters. The van der Waals surface area contributed by atoms with Crippen LogP contribution < -0.4 is 19.7 Å². The van der Waals surface area contributed by atoms with E-state index in [4.69, 9.17) is 14.2 Å². The Labute approximate surface area is 202 Å². The molecule has 2 heterocycles. The van der Waals surface area contributed by atoms with Gasteiger partial charge >= 0.3 is 6.18 Å². The average molecular weight is 494 g/mol. The number of hydrogen-bond acceptors (Lipinski definition) is 6. The lowest BCUT2D eigenvalue weighted by molar-refractivity contribution is -0.137. The van der Waals surface area contributed by atoms with E-state index in [1.165, 1.54) is 6.07 Å². The van der Waals surface area contributed by atoms with Gasteiger partial charge in [0.2, 0.25) is 5.91 Å². The first kappa shape index (κ1) is 25.1. The smallest absolute Gasteiger partial charge is 0.416 e. The second-order valence-corrected chi connectivity index (χ2v) is 8.69. The number of ether oxygens (including phenoxy) is 3. The summed E-state index contributed by atoms with van der Waals surface area (Å²) in [5, 5.41) is 2.77. The molecule has 0 aliphatic carbocycles. The van der Waals surface area contributed by atoms with Crippen molar-refractivity contribution in [2.75, 3.05) is 57.3 Å². The summed E-state index contributed by atoms with van der Waals surface area (Å²) in [5.74, 6) is 0.915. The van der Waals surface area contributed by atoms with E-state index in [2.05, 4.69) is 5.32 Å². The van der Waals surface area contributed by atoms with Crippen LogP contribution in [0.15, 0.2) is 30.3 Å². The topological polar surface area (TPSA) is 63.3 Å². The molecule has 2 aromatic carbocycles. The lowest BCUT2D eigenvalue weighted by atomic mass is 9.97. The predicted molar refractivity (Wildman–Crippen MR) is 126 cm³/mol. The van der Waals surface area contributed by atoms with Crippen molar-refractivity contribution < 1.29 is 32.2 Å². The Balaban J connectivity index is 1.54. The number of hydrogen-bond donors (Lipinski definition) is 1. The van der Waals surface area contributed by atoms with Crippen molar-refractivity contribution in [2.45, 2.75) is 32.1 Å². The number of benzene rings is 2. The van der Waals surface area contributed by atoms with Gasteiger partial charge in [0.25, 0.3) is 0 Å². The quantitative estimate of drug-likeness (QED) is 0.658. The highest BCUT2D eigenvalue weighted by molar-refractivity contribution is 5.97. The molecule has 10 heteroatoms. The summed E-state index contributed by atoms with van der Waals surface area (Å²) in [7, 11) is 3.16. The third-order valence-corrected chi connectivity index (χ3v) is 6.61. The molecule has 190 valence electrons. The zero-order chi connectivity index (χ0) is 25.2. The Kier molecular flexibility index (Phi) is 7.42. The predicted octanol–water partition coefficient (Wildman–Crippen LogP) is 3.94. The number of carbonyl (C=O) groups excluding carboxylic acids is 1. The fourth-order valence-corrected chi connectivity index (χ4v) is 4.53. The number of nitrogens with one attached hydrogen (secondary N) is 1. The van der Waals surface area contributed by atoms with Gasteiger partial charge < -0.3 is 24.4 Å². The monoisotopic (exact) mass is 493 g/mol. The van der Waals surface area contributed by atoms with E-state index in [1.54, 1.807) is 21.1 Å². The summed E-state index contributed by atoms with van der Waals surface area (Å²) >= 11 is 0. The highest BCUT2D eigenvalue weighted by atomic mass is 19.4. The van der Waals surface area contributed by atoms with E-state index >= 15 is 0 Å². The van der Waals surface area contributed by atoms with Crippen LogP contribution in [0.5, 0.6) is 11.5 Å². The molecule has 0 spiro atoms. The number of alkyl halides is 3. The number of carbonyl (C=O) groups is 1. The van der Waals surface area contributed by atoms with Crippen molar-refractivity contribution in [2.24, 2.45) is 0 Å². The van der Waals surface area contributed by atoms with Crippen molar-refractivity contribution in [3.05, 3.63) is 47.0 Å². The zero-order valence-electron chi connectivity index (χ0n) is 20.1. The first-order valence-electron chi connectivity index (χ1n) is 11.5. The molecule has 1 saturated heterocycles. The maximum atomic E-state index is 13.4. The summed E-state index contributed by atoms with van der Waals surface area (Å²) in [6.45, 7) is 4.96. The van der Waals surface area contributed by atoms with Gasteiger partial charge in [-0.05, 0) is 54.8 Å². The third kappa shape index (κ3) is 5.48. The second-order valence-electron chi connectivity index (χ2n) is 8.69. The van der Waals surface area contributed by atoms with Crippen LogP contribution in [0.3, 0.4) is 0 Å². The first-order valence-corrected chi connectivity index (χ1v) is 11.5. The molecule has 0 saturated carbocycles. The molecular formula is C25H30F3N3O4. The fraction of sp³-hybridized carbons (Fsp3) is 0.480. The van der Waals surface area contributed by atoms with Gasteiger partial charge in [-0.2, -0.15) is 13.2 Å². The number of anilines is 2. The van der Waals surface area contributed by atoms with Crippen LogP contribution in [0.1, 0.15) is 23.6 Å². The summed E-state index contributed by atoms with van der Waals surface area (Å²) in [6.07, 6.45) is -3.79. The minimum atomic E-state index is -4.51. The van der Waals surface area contributed by atoms with Crippen LogP contribution in [-0.2, 0) is 28.7 Å². The molecule has 0 aromatic heterocycles. The number of morpholine rings is 1. The number of amides is 1. The van der Waals surface area contributed by atoms with E-state index in [-0.39, 0.29) is 11.6 Å². The number of halogens is 3. The Hall–Kier alpha value is -2.98. The average Bonchev–Trinajstić information content (AvgIpc) is 2.86. The van der Waals surface area contributed by atoms with Gasteiger partial charge in [0.1, 0.15) is 0 Å². The molecule has 7 nitrogen and oxygen atoms in total. The molecule has 0 radical (unpaired) electrons. The van der Waals surface area contributed by atoms with E-state index in [1.807, 2.05) is 21.9 Å². The summed E-state index contributed by atoms with van der Waals surface area (Å²) in [6, 6.07) is 6.79. The molecule has 1 atom stereocenters. The number of nitrogens with zero attached hydrogens (tertiary/aromatic N) is 2. The normalized spacial score (nSPS) is 17.5. The second kappa shape index (κ2) is 10.3. The van der Waals surface area contributed by atoms with E-state index in [0.29, 0.717) is 56.6 Å². The molecule has 1 amide bonds. The van der Waals surface area contributed by atoms with Gasteiger partial charge in [-0.25, -0.2) is 0 Å². The van der Waals surface area contributed by atoms with Crippen LogP contribution >= 0.6 is 0 Å². The van der Waals surface area contributed by atoms with E-state index < -0.39 is 17.8 Å². The number of fused-ring (bicyclic) bond motifs is 1. The SMILES string of the molecule is COc1cc2c(cc1OC)CN([C@@H](C)C(=O)Nc1cc(C(F)(F)F)ccc1N1CCOCC1)CC2. The van der Waals surface area contributed by atoms with E-state index in [9.17, 15) is 18.0 Å². The van der Waals surface area contributed by atoms with Crippen molar-refractivity contribution in [1.82, 2.24) is 4.90 Å². The Morgan fingerprint density at radius 1 is 1.03 bits per heavy atom. The molecule has 0 bridgehead atoms. The number of rotatable bonds is 6. The van der Waals surface area contributed by atoms with Gasteiger partial charge in [0.05, 0.1) is 50.4 Å². The maximum Gasteiger partial charge on any atom is 0.416 e. The molecule has 35 heavy (non-hydrogen) atoms. The van der Waals surface area contributed by atoms with Crippen LogP contribution in [0.25, 0.3) is 0 Å². The molecular weight excluding hydrogens is 463 g/mol. The summed E-state index contributed by atoms with van der Waals surface area (Å²) in [4.78, 5) is 17.2. The highest BCUT2D eigenvalue weighted by Crippen LogP contribution is 2.37. The van der Waals surface area contributed by atoms with E-state index in [0.717, 1.165) is 29.7 Å². The van der Waals surface area contributed by atoms with Gasteiger partial charge in [0.15, 0.2) is 11.5 Å². The Morgan fingerprint density at radius 3 is 2.31 bits per heavy atom. The molecule has 2 aromatic rings. The molecule has 2 aliphatic rings. The first-order chi connectivity index (χ1) is 16.7. The van der Waals surface area contributed by atoms with Crippen molar-refractivity contribution >= 4 is 17.3 Å².